The maximum absolute atomic E-state index is 13.3. The predicted molar refractivity (Wildman–Crippen MR) is 140 cm³/mol. The van der Waals surface area contributed by atoms with Crippen LogP contribution in [0.25, 0.3) is 0 Å². The number of methoxy groups -OCH3 is 1. The molecular formula is C27H30ClF3N4O4. The molecule has 0 aliphatic carbocycles. The lowest BCUT2D eigenvalue weighted by Gasteiger charge is -2.34. The summed E-state index contributed by atoms with van der Waals surface area (Å²) in [5.41, 5.74) is 0.164. The van der Waals surface area contributed by atoms with Gasteiger partial charge in [-0.3, -0.25) is 14.4 Å². The van der Waals surface area contributed by atoms with Crippen molar-refractivity contribution in [1.29, 1.82) is 0 Å². The SMILES string of the molecule is COCCCC(=O)N(CC(=O)NC(C(=O)N1CCC1)c1cccc(C(F)(F)F)c1)/N=C(\C)c1ccc(Cl)cc1. The van der Waals surface area contributed by atoms with Crippen LogP contribution in [-0.2, 0) is 25.3 Å². The summed E-state index contributed by atoms with van der Waals surface area (Å²) in [4.78, 5) is 40.6. The molecule has 3 rings (SSSR count). The molecule has 8 nitrogen and oxygen atoms in total. The lowest BCUT2D eigenvalue weighted by molar-refractivity contribution is -0.141. The van der Waals surface area contributed by atoms with Gasteiger partial charge >= 0.3 is 6.18 Å². The molecule has 1 atom stereocenters. The summed E-state index contributed by atoms with van der Waals surface area (Å²) in [6.45, 7) is 2.33. The van der Waals surface area contributed by atoms with E-state index in [9.17, 15) is 27.6 Å². The van der Waals surface area contributed by atoms with E-state index in [1.807, 2.05) is 0 Å². The van der Waals surface area contributed by atoms with E-state index < -0.39 is 42.0 Å². The number of ether oxygens (including phenoxy) is 1. The number of amides is 3. The van der Waals surface area contributed by atoms with Gasteiger partial charge in [-0.1, -0.05) is 35.9 Å². The minimum atomic E-state index is -4.62. The zero-order valence-corrected chi connectivity index (χ0v) is 22.4. The van der Waals surface area contributed by atoms with Crippen LogP contribution in [0.15, 0.2) is 53.6 Å². The van der Waals surface area contributed by atoms with Gasteiger partial charge in [-0.05, 0) is 55.2 Å². The number of nitrogens with zero attached hydrogens (tertiary/aromatic N) is 3. The van der Waals surface area contributed by atoms with Gasteiger partial charge < -0.3 is 15.0 Å². The van der Waals surface area contributed by atoms with Crippen molar-refractivity contribution in [1.82, 2.24) is 15.2 Å². The van der Waals surface area contributed by atoms with E-state index in [0.29, 0.717) is 42.4 Å². The Kier molecular flexibility index (Phi) is 10.5. The molecule has 3 amide bonds. The number of rotatable bonds is 11. The molecule has 12 heteroatoms. The number of likely N-dealkylation sites (tertiary alicyclic amines) is 1. The van der Waals surface area contributed by atoms with Crippen molar-refractivity contribution in [3.63, 3.8) is 0 Å². The highest BCUT2D eigenvalue weighted by atomic mass is 35.5. The van der Waals surface area contributed by atoms with Crippen LogP contribution >= 0.6 is 11.6 Å². The van der Waals surface area contributed by atoms with Crippen molar-refractivity contribution in [2.24, 2.45) is 5.10 Å². The zero-order chi connectivity index (χ0) is 28.6. The molecule has 1 fully saturated rings. The molecule has 0 aromatic heterocycles. The molecule has 0 bridgehead atoms. The number of carbonyl (C=O) groups is 3. The fourth-order valence-corrected chi connectivity index (χ4v) is 3.98. The fourth-order valence-electron chi connectivity index (χ4n) is 3.85. The first kappa shape index (κ1) is 30.1. The van der Waals surface area contributed by atoms with E-state index in [1.165, 1.54) is 24.1 Å². The maximum atomic E-state index is 13.3. The van der Waals surface area contributed by atoms with Crippen molar-refractivity contribution in [3.8, 4) is 0 Å². The molecule has 1 unspecified atom stereocenters. The lowest BCUT2D eigenvalue weighted by atomic mass is 10.0. The highest BCUT2D eigenvalue weighted by molar-refractivity contribution is 6.30. The second kappa shape index (κ2) is 13.6. The monoisotopic (exact) mass is 566 g/mol. The summed E-state index contributed by atoms with van der Waals surface area (Å²) in [5.74, 6) is -1.73. The minimum Gasteiger partial charge on any atom is -0.385 e. The number of hydrogen-bond donors (Lipinski definition) is 1. The average molecular weight is 567 g/mol. The van der Waals surface area contributed by atoms with Crippen LogP contribution in [0.1, 0.15) is 48.9 Å². The number of nitrogens with one attached hydrogen (secondary N) is 1. The van der Waals surface area contributed by atoms with Gasteiger partial charge in [-0.25, -0.2) is 5.01 Å². The summed E-state index contributed by atoms with van der Waals surface area (Å²) in [6, 6.07) is 9.68. The summed E-state index contributed by atoms with van der Waals surface area (Å²) in [7, 11) is 1.50. The second-order valence-electron chi connectivity index (χ2n) is 9.04. The van der Waals surface area contributed by atoms with Crippen LogP contribution in [0.2, 0.25) is 5.02 Å². The molecule has 1 heterocycles. The zero-order valence-electron chi connectivity index (χ0n) is 21.6. The van der Waals surface area contributed by atoms with E-state index in [4.69, 9.17) is 16.3 Å². The van der Waals surface area contributed by atoms with E-state index in [2.05, 4.69) is 10.4 Å². The third-order valence-corrected chi connectivity index (χ3v) is 6.37. The average Bonchev–Trinajstić information content (AvgIpc) is 2.85. The molecule has 39 heavy (non-hydrogen) atoms. The summed E-state index contributed by atoms with van der Waals surface area (Å²) in [5, 5.41) is 8.38. The first-order valence-corrected chi connectivity index (χ1v) is 12.7. The molecule has 1 N–H and O–H groups in total. The summed E-state index contributed by atoms with van der Waals surface area (Å²) < 4.78 is 45.0. The number of hydrogen-bond acceptors (Lipinski definition) is 5. The Balaban J connectivity index is 1.85. The Hall–Kier alpha value is -3.44. The third kappa shape index (κ3) is 8.52. The van der Waals surface area contributed by atoms with Crippen LogP contribution in [0.5, 0.6) is 0 Å². The first-order chi connectivity index (χ1) is 18.5. The number of carbonyl (C=O) groups excluding carboxylic acids is 3. The molecule has 2 aromatic rings. The second-order valence-corrected chi connectivity index (χ2v) is 9.48. The largest absolute Gasteiger partial charge is 0.416 e. The third-order valence-electron chi connectivity index (χ3n) is 6.12. The van der Waals surface area contributed by atoms with Gasteiger partial charge in [-0.2, -0.15) is 18.3 Å². The predicted octanol–water partition coefficient (Wildman–Crippen LogP) is 4.43. The fraction of sp³-hybridized carbons (Fsp3) is 0.407. The van der Waals surface area contributed by atoms with E-state index in [0.717, 1.165) is 23.6 Å². The van der Waals surface area contributed by atoms with E-state index in [1.54, 1.807) is 31.2 Å². The molecule has 0 spiro atoms. The summed E-state index contributed by atoms with van der Waals surface area (Å²) >= 11 is 5.95. The molecule has 210 valence electrons. The first-order valence-electron chi connectivity index (χ1n) is 12.4. The molecule has 1 aliphatic rings. The standard InChI is InChI=1S/C27H30ClF3N4O4/c1-18(19-9-11-22(28)12-10-19)33-35(24(37)8-4-15-39-2)17-23(36)32-25(26(38)34-13-5-14-34)20-6-3-7-21(16-20)27(29,30)31/h3,6-7,9-12,16,25H,4-5,8,13-15,17H2,1-2H3,(H,32,36)/b33-18+. The van der Waals surface area contributed by atoms with Gasteiger partial charge in [0.05, 0.1) is 11.3 Å². The molecule has 0 radical (unpaired) electrons. The number of hydrazone groups is 1. The van der Waals surface area contributed by atoms with Crippen molar-refractivity contribution in [2.75, 3.05) is 33.4 Å². The minimum absolute atomic E-state index is 0.00566. The van der Waals surface area contributed by atoms with Crippen LogP contribution in [0.3, 0.4) is 0 Å². The highest BCUT2D eigenvalue weighted by Crippen LogP contribution is 2.31. The highest BCUT2D eigenvalue weighted by Gasteiger charge is 2.35. The summed E-state index contributed by atoms with van der Waals surface area (Å²) in [6.07, 6.45) is -3.42. The smallest absolute Gasteiger partial charge is 0.385 e. The van der Waals surface area contributed by atoms with Gasteiger partial charge in [0, 0.05) is 38.2 Å². The molecule has 2 aromatic carbocycles. The van der Waals surface area contributed by atoms with E-state index in [-0.39, 0.29) is 12.0 Å². The van der Waals surface area contributed by atoms with Crippen LogP contribution in [-0.4, -0.2) is 66.7 Å². The van der Waals surface area contributed by atoms with E-state index >= 15 is 0 Å². The molecule has 1 aliphatic heterocycles. The number of alkyl halides is 3. The normalized spacial score (nSPS) is 14.4. The van der Waals surface area contributed by atoms with Crippen LogP contribution in [0, 0.1) is 0 Å². The molecule has 1 saturated heterocycles. The molecule has 0 saturated carbocycles. The van der Waals surface area contributed by atoms with Gasteiger partial charge in [0.25, 0.3) is 0 Å². The van der Waals surface area contributed by atoms with Crippen LogP contribution < -0.4 is 5.32 Å². The van der Waals surface area contributed by atoms with Crippen molar-refractivity contribution in [3.05, 3.63) is 70.2 Å². The van der Waals surface area contributed by atoms with Gasteiger partial charge in [0.2, 0.25) is 17.7 Å². The Bertz CT molecular complexity index is 1200. The van der Waals surface area contributed by atoms with Crippen molar-refractivity contribution in [2.45, 2.75) is 38.4 Å². The lowest BCUT2D eigenvalue weighted by Crippen LogP contribution is -2.50. The number of halogens is 4. The van der Waals surface area contributed by atoms with Gasteiger partial charge in [0.15, 0.2) is 0 Å². The topological polar surface area (TPSA) is 91.3 Å². The van der Waals surface area contributed by atoms with Gasteiger partial charge in [0.1, 0.15) is 12.6 Å². The quantitative estimate of drug-likeness (QED) is 0.247. The maximum Gasteiger partial charge on any atom is 0.416 e. The Morgan fingerprint density at radius 2 is 1.85 bits per heavy atom. The van der Waals surface area contributed by atoms with Gasteiger partial charge in [-0.15, -0.1) is 0 Å². The van der Waals surface area contributed by atoms with Crippen molar-refractivity contribution < 1.29 is 32.3 Å². The Morgan fingerprint density at radius 1 is 1.15 bits per heavy atom. The Morgan fingerprint density at radius 3 is 2.44 bits per heavy atom. The number of benzene rings is 2. The van der Waals surface area contributed by atoms with Crippen LogP contribution in [0.4, 0.5) is 13.2 Å². The Labute approximate surface area is 229 Å². The van der Waals surface area contributed by atoms with Crippen molar-refractivity contribution >= 4 is 35.0 Å². The molecular weight excluding hydrogens is 537 g/mol.